The molecule has 2 aromatic rings. The first-order valence-corrected chi connectivity index (χ1v) is 6.04. The van der Waals surface area contributed by atoms with Gasteiger partial charge in [0, 0.05) is 17.9 Å². The van der Waals surface area contributed by atoms with Crippen LogP contribution in [-0.4, -0.2) is 16.6 Å². The summed E-state index contributed by atoms with van der Waals surface area (Å²) in [5.41, 5.74) is 5.86. The summed E-state index contributed by atoms with van der Waals surface area (Å²) >= 11 is 4.94. The molecular weight excluding hydrogens is 250 g/mol. The second-order valence-corrected chi connectivity index (χ2v) is 4.73. The number of hydrogen-bond acceptors (Lipinski definition) is 4. The van der Waals surface area contributed by atoms with E-state index in [2.05, 4.69) is 15.5 Å². The molecule has 2 N–H and O–H groups in total. The van der Waals surface area contributed by atoms with E-state index >= 15 is 0 Å². The maximum Gasteiger partial charge on any atom is 0.266 e. The number of carbonyl (C=O) groups is 1. The third-order valence-electron chi connectivity index (χ3n) is 2.98. The molecule has 0 fully saturated rings. The minimum Gasteiger partial charge on any atom is -0.429 e. The Morgan fingerprint density at radius 2 is 2.33 bits per heavy atom. The van der Waals surface area contributed by atoms with Crippen LogP contribution in [0.3, 0.4) is 0 Å². The molecule has 1 unspecified atom stereocenters. The van der Waals surface area contributed by atoms with E-state index in [-0.39, 0.29) is 11.8 Å². The fourth-order valence-electron chi connectivity index (χ4n) is 2.11. The predicted molar refractivity (Wildman–Crippen MR) is 69.9 cm³/mol. The van der Waals surface area contributed by atoms with E-state index in [1.165, 1.54) is 0 Å². The highest BCUT2D eigenvalue weighted by atomic mass is 32.1. The molecule has 1 aromatic heterocycles. The smallest absolute Gasteiger partial charge is 0.266 e. The molecule has 0 spiro atoms. The predicted octanol–water partition coefficient (Wildman–Crippen LogP) is 2.35. The Balaban J connectivity index is 2.08. The highest BCUT2D eigenvalue weighted by Crippen LogP contribution is 2.21. The van der Waals surface area contributed by atoms with E-state index in [0.717, 1.165) is 16.8 Å². The number of amides is 1. The molecule has 18 heavy (non-hydrogen) atoms. The average molecular weight is 261 g/mol. The molecule has 1 atom stereocenters. The number of oxazole rings is 1. The van der Waals surface area contributed by atoms with Crippen LogP contribution in [0.25, 0.3) is 11.1 Å². The first-order chi connectivity index (χ1) is 8.63. The third-order valence-corrected chi connectivity index (χ3v) is 3.16. The number of benzene rings is 1. The molecule has 1 aliphatic rings. The van der Waals surface area contributed by atoms with E-state index in [4.69, 9.17) is 16.6 Å². The highest BCUT2D eigenvalue weighted by Gasteiger charge is 2.21. The molecule has 1 aromatic carbocycles. The van der Waals surface area contributed by atoms with Crippen LogP contribution in [-0.2, 0) is 4.79 Å². The lowest BCUT2D eigenvalue weighted by Crippen LogP contribution is -2.31. The van der Waals surface area contributed by atoms with Gasteiger partial charge in [0.05, 0.1) is 11.2 Å². The lowest BCUT2D eigenvalue weighted by molar-refractivity contribution is -0.121. The van der Waals surface area contributed by atoms with Crippen molar-refractivity contribution in [2.75, 3.05) is 0 Å². The van der Waals surface area contributed by atoms with Gasteiger partial charge in [-0.05, 0) is 24.4 Å². The number of nitrogens with one attached hydrogen (secondary N) is 2. The van der Waals surface area contributed by atoms with Crippen LogP contribution in [0.4, 0.5) is 0 Å². The average Bonchev–Trinajstić information content (AvgIpc) is 2.68. The van der Waals surface area contributed by atoms with Gasteiger partial charge >= 0.3 is 0 Å². The standard InChI is InChI=1S/C12H11N3O2S/c1-6-4-10(16)14-15-11(6)7-2-3-8-9(5-7)17-12(18)13-8/h2-3,5-6H,4H2,1H3,(H,13,18)(H,14,16). The summed E-state index contributed by atoms with van der Waals surface area (Å²) in [5, 5.41) is 4.11. The van der Waals surface area contributed by atoms with Crippen molar-refractivity contribution in [3.63, 3.8) is 0 Å². The quantitative estimate of drug-likeness (QED) is 0.774. The van der Waals surface area contributed by atoms with Crippen molar-refractivity contribution >= 4 is 34.9 Å². The van der Waals surface area contributed by atoms with E-state index in [1.54, 1.807) is 0 Å². The molecule has 0 aliphatic carbocycles. The topological polar surface area (TPSA) is 70.4 Å². The Morgan fingerprint density at radius 3 is 3.11 bits per heavy atom. The number of hydrazone groups is 1. The Bertz CT molecular complexity index is 713. The van der Waals surface area contributed by atoms with Crippen LogP contribution < -0.4 is 5.43 Å². The van der Waals surface area contributed by atoms with Crippen LogP contribution in [0, 0.1) is 10.8 Å². The second-order valence-electron chi connectivity index (χ2n) is 4.36. The van der Waals surface area contributed by atoms with Crippen LogP contribution >= 0.6 is 12.2 Å². The monoisotopic (exact) mass is 261 g/mol. The second kappa shape index (κ2) is 4.06. The molecule has 3 rings (SSSR count). The Kier molecular flexibility index (Phi) is 2.52. The molecule has 0 saturated heterocycles. The fraction of sp³-hybridized carbons (Fsp3) is 0.250. The number of carbonyl (C=O) groups excluding carboxylic acids is 1. The van der Waals surface area contributed by atoms with Gasteiger partial charge in [0.1, 0.15) is 0 Å². The van der Waals surface area contributed by atoms with Gasteiger partial charge in [-0.15, -0.1) is 0 Å². The van der Waals surface area contributed by atoms with Gasteiger partial charge in [-0.2, -0.15) is 5.10 Å². The molecule has 0 radical (unpaired) electrons. The summed E-state index contributed by atoms with van der Waals surface area (Å²) in [7, 11) is 0. The molecule has 6 heteroatoms. The fourth-order valence-corrected chi connectivity index (χ4v) is 2.31. The van der Waals surface area contributed by atoms with Gasteiger partial charge in [0.15, 0.2) is 5.58 Å². The molecule has 92 valence electrons. The van der Waals surface area contributed by atoms with Gasteiger partial charge < -0.3 is 9.40 Å². The Morgan fingerprint density at radius 1 is 1.50 bits per heavy atom. The lowest BCUT2D eigenvalue weighted by Gasteiger charge is -2.18. The molecular formula is C12H11N3O2S. The van der Waals surface area contributed by atoms with Gasteiger partial charge in [-0.3, -0.25) is 4.79 Å². The van der Waals surface area contributed by atoms with Crippen molar-refractivity contribution in [1.82, 2.24) is 10.4 Å². The summed E-state index contributed by atoms with van der Waals surface area (Å²) in [6.45, 7) is 1.98. The number of fused-ring (bicyclic) bond motifs is 1. The van der Waals surface area contributed by atoms with Crippen molar-refractivity contribution in [3.8, 4) is 0 Å². The summed E-state index contributed by atoms with van der Waals surface area (Å²) in [6.07, 6.45) is 0.452. The zero-order chi connectivity index (χ0) is 12.7. The maximum atomic E-state index is 11.2. The van der Waals surface area contributed by atoms with Crippen LogP contribution in [0.15, 0.2) is 27.7 Å². The van der Waals surface area contributed by atoms with Crippen molar-refractivity contribution in [2.24, 2.45) is 11.0 Å². The summed E-state index contributed by atoms with van der Waals surface area (Å²) in [5.74, 6) is 0.0459. The number of aromatic amines is 1. The van der Waals surface area contributed by atoms with Crippen LogP contribution in [0.1, 0.15) is 18.9 Å². The number of H-pyrrole nitrogens is 1. The highest BCUT2D eigenvalue weighted by molar-refractivity contribution is 7.71. The zero-order valence-corrected chi connectivity index (χ0v) is 10.5. The molecule has 1 aliphatic heterocycles. The van der Waals surface area contributed by atoms with Gasteiger partial charge in [0.2, 0.25) is 5.91 Å². The Labute approximate surface area is 108 Å². The number of aromatic nitrogens is 1. The van der Waals surface area contributed by atoms with Crippen molar-refractivity contribution in [3.05, 3.63) is 28.6 Å². The molecule has 0 saturated carbocycles. The molecule has 0 bridgehead atoms. The lowest BCUT2D eigenvalue weighted by atomic mass is 9.94. The van der Waals surface area contributed by atoms with E-state index in [9.17, 15) is 4.79 Å². The molecule has 1 amide bonds. The van der Waals surface area contributed by atoms with Crippen molar-refractivity contribution in [2.45, 2.75) is 13.3 Å². The zero-order valence-electron chi connectivity index (χ0n) is 9.69. The normalized spacial score (nSPS) is 19.7. The minimum absolute atomic E-state index is 0.0495. The van der Waals surface area contributed by atoms with Gasteiger partial charge in [-0.25, -0.2) is 5.43 Å². The largest absolute Gasteiger partial charge is 0.429 e. The van der Waals surface area contributed by atoms with Crippen molar-refractivity contribution < 1.29 is 9.21 Å². The summed E-state index contributed by atoms with van der Waals surface area (Å²) < 4.78 is 5.37. The third kappa shape index (κ3) is 1.84. The first-order valence-electron chi connectivity index (χ1n) is 5.63. The number of hydrogen-bond donors (Lipinski definition) is 2. The van der Waals surface area contributed by atoms with E-state index < -0.39 is 0 Å². The summed E-state index contributed by atoms with van der Waals surface area (Å²) in [4.78, 5) is 14.5. The first kappa shape index (κ1) is 11.2. The van der Waals surface area contributed by atoms with Crippen LogP contribution in [0.5, 0.6) is 0 Å². The van der Waals surface area contributed by atoms with Gasteiger partial charge in [0.25, 0.3) is 4.84 Å². The van der Waals surface area contributed by atoms with E-state index in [0.29, 0.717) is 16.8 Å². The number of rotatable bonds is 1. The SMILES string of the molecule is CC1CC(=O)NN=C1c1ccc2[nH]c(=S)oc2c1. The van der Waals surface area contributed by atoms with Gasteiger partial charge in [-0.1, -0.05) is 13.0 Å². The molecule has 5 nitrogen and oxygen atoms in total. The Hall–Kier alpha value is -1.95. The minimum atomic E-state index is -0.0495. The summed E-state index contributed by atoms with van der Waals surface area (Å²) in [6, 6.07) is 5.72. The van der Waals surface area contributed by atoms with Crippen LogP contribution in [0.2, 0.25) is 0 Å². The molecule has 2 heterocycles. The van der Waals surface area contributed by atoms with Crippen molar-refractivity contribution in [1.29, 1.82) is 0 Å². The number of nitrogens with zero attached hydrogens (tertiary/aromatic N) is 1. The maximum absolute atomic E-state index is 11.2. The van der Waals surface area contributed by atoms with E-state index in [1.807, 2.05) is 25.1 Å².